The largest absolute Gasteiger partial charge is 0.351 e. The molecule has 0 aliphatic heterocycles. The fourth-order valence-electron chi connectivity index (χ4n) is 2.10. The van der Waals surface area contributed by atoms with E-state index in [-0.39, 0.29) is 11.1 Å². The minimum absolute atomic E-state index is 0.0982. The molecule has 0 atom stereocenters. The Balaban J connectivity index is 2.10. The number of rotatable bonds is 2. The molecule has 3 aromatic rings. The molecule has 0 spiro atoms. The van der Waals surface area contributed by atoms with Gasteiger partial charge >= 0.3 is 0 Å². The van der Waals surface area contributed by atoms with Crippen molar-refractivity contribution in [1.82, 2.24) is 9.97 Å². The van der Waals surface area contributed by atoms with Crippen LogP contribution in [0, 0.1) is 0 Å². The minimum atomic E-state index is -0.151. The van der Waals surface area contributed by atoms with Gasteiger partial charge in [-0.25, -0.2) is 4.98 Å². The van der Waals surface area contributed by atoms with Crippen molar-refractivity contribution in [1.29, 1.82) is 0 Å². The Morgan fingerprint density at radius 2 is 1.90 bits per heavy atom. The van der Waals surface area contributed by atoms with Crippen molar-refractivity contribution in [2.45, 2.75) is 26.3 Å². The second-order valence-corrected chi connectivity index (χ2v) is 7.03. The van der Waals surface area contributed by atoms with Crippen molar-refractivity contribution in [3.63, 3.8) is 0 Å². The van der Waals surface area contributed by atoms with Gasteiger partial charge in [0.1, 0.15) is 4.70 Å². The third-order valence-electron chi connectivity index (χ3n) is 2.93. The third kappa shape index (κ3) is 2.97. The number of fused-ring (bicyclic) bond motifs is 1. The van der Waals surface area contributed by atoms with Crippen LogP contribution in [0.4, 0.5) is 5.95 Å². The first-order valence-corrected chi connectivity index (χ1v) is 7.61. The minimum Gasteiger partial charge on any atom is -0.351 e. The summed E-state index contributed by atoms with van der Waals surface area (Å²) in [4.78, 5) is 20.6. The molecule has 4 nitrogen and oxygen atoms in total. The number of benzene rings is 1. The number of aromatic nitrogens is 2. The van der Waals surface area contributed by atoms with Crippen LogP contribution < -0.4 is 10.9 Å². The van der Waals surface area contributed by atoms with Gasteiger partial charge in [-0.1, -0.05) is 30.3 Å². The van der Waals surface area contributed by atoms with Crippen LogP contribution in [0.1, 0.15) is 20.8 Å². The van der Waals surface area contributed by atoms with Gasteiger partial charge in [0.05, 0.1) is 5.52 Å². The average molecular weight is 299 g/mol. The summed E-state index contributed by atoms with van der Waals surface area (Å²) >= 11 is 1.47. The number of anilines is 1. The van der Waals surface area contributed by atoms with Crippen LogP contribution in [0.15, 0.2) is 41.2 Å². The number of hydrogen-bond donors (Lipinski definition) is 2. The maximum atomic E-state index is 12.2. The van der Waals surface area contributed by atoms with Crippen molar-refractivity contribution < 1.29 is 0 Å². The van der Waals surface area contributed by atoms with Gasteiger partial charge in [0.2, 0.25) is 5.95 Å². The molecule has 2 aromatic heterocycles. The van der Waals surface area contributed by atoms with E-state index < -0.39 is 0 Å². The SMILES string of the molecule is CC(C)(C)Nc1nc2cc(-c3ccccc3)sc2c(=O)[nH]1. The van der Waals surface area contributed by atoms with E-state index in [1.165, 1.54) is 11.3 Å². The van der Waals surface area contributed by atoms with Crippen molar-refractivity contribution >= 4 is 27.5 Å². The van der Waals surface area contributed by atoms with Crippen LogP contribution >= 0.6 is 11.3 Å². The van der Waals surface area contributed by atoms with Crippen LogP contribution in [0.2, 0.25) is 0 Å². The molecule has 2 N–H and O–H groups in total. The summed E-state index contributed by atoms with van der Waals surface area (Å²) in [6, 6.07) is 12.0. The molecule has 0 aliphatic rings. The molecule has 0 fully saturated rings. The second kappa shape index (κ2) is 5.00. The van der Waals surface area contributed by atoms with Crippen molar-refractivity contribution in [2.24, 2.45) is 0 Å². The summed E-state index contributed by atoms with van der Waals surface area (Å²) in [6.07, 6.45) is 0. The highest BCUT2D eigenvalue weighted by atomic mass is 32.1. The Labute approximate surface area is 126 Å². The van der Waals surface area contributed by atoms with E-state index in [4.69, 9.17) is 0 Å². The molecular formula is C16H17N3OS. The standard InChI is InChI=1S/C16H17N3OS/c1-16(2,3)19-15-17-11-9-12(10-7-5-4-6-8-10)21-13(11)14(20)18-15/h4-9H,1-3H3,(H2,17,18,19,20). The first-order valence-electron chi connectivity index (χ1n) is 6.80. The molecule has 0 aliphatic carbocycles. The molecule has 0 unspecified atom stereocenters. The van der Waals surface area contributed by atoms with E-state index >= 15 is 0 Å². The summed E-state index contributed by atoms with van der Waals surface area (Å²) in [6.45, 7) is 6.08. The summed E-state index contributed by atoms with van der Waals surface area (Å²) < 4.78 is 0.660. The molecule has 0 saturated carbocycles. The van der Waals surface area contributed by atoms with Gasteiger partial charge in [-0.05, 0) is 32.4 Å². The summed E-state index contributed by atoms with van der Waals surface area (Å²) in [5.41, 5.74) is 1.58. The number of hydrogen-bond acceptors (Lipinski definition) is 4. The molecule has 3 rings (SSSR count). The molecule has 2 heterocycles. The van der Waals surface area contributed by atoms with Crippen molar-refractivity contribution in [3.8, 4) is 10.4 Å². The van der Waals surface area contributed by atoms with Crippen LogP contribution in [0.25, 0.3) is 20.7 Å². The first-order chi connectivity index (χ1) is 9.92. The predicted octanol–water partition coefficient (Wildman–Crippen LogP) is 3.86. The van der Waals surface area contributed by atoms with Gasteiger partial charge in [-0.15, -0.1) is 11.3 Å². The van der Waals surface area contributed by atoms with Crippen LogP contribution in [-0.4, -0.2) is 15.5 Å². The lowest BCUT2D eigenvalue weighted by Gasteiger charge is -2.20. The lowest BCUT2D eigenvalue weighted by molar-refractivity contribution is 0.626. The monoisotopic (exact) mass is 299 g/mol. The first kappa shape index (κ1) is 13.8. The molecule has 0 radical (unpaired) electrons. The Morgan fingerprint density at radius 3 is 2.57 bits per heavy atom. The second-order valence-electron chi connectivity index (χ2n) is 5.98. The van der Waals surface area contributed by atoms with E-state index in [1.54, 1.807) is 0 Å². The summed E-state index contributed by atoms with van der Waals surface area (Å²) in [7, 11) is 0. The van der Waals surface area contributed by atoms with Crippen LogP contribution in [0.3, 0.4) is 0 Å². The van der Waals surface area contributed by atoms with Gasteiger partial charge in [-0.3, -0.25) is 9.78 Å². The molecule has 21 heavy (non-hydrogen) atoms. The summed E-state index contributed by atoms with van der Waals surface area (Å²) in [5, 5.41) is 3.20. The zero-order valence-corrected chi connectivity index (χ0v) is 13.0. The lowest BCUT2D eigenvalue weighted by atomic mass is 10.1. The smallest absolute Gasteiger partial charge is 0.270 e. The Bertz CT molecular complexity index is 828. The maximum absolute atomic E-state index is 12.2. The fraction of sp³-hybridized carbons (Fsp3) is 0.250. The molecule has 108 valence electrons. The highest BCUT2D eigenvalue weighted by Crippen LogP contribution is 2.31. The fourth-order valence-corrected chi connectivity index (χ4v) is 3.10. The van der Waals surface area contributed by atoms with Gasteiger partial charge < -0.3 is 5.32 Å². The molecule has 0 bridgehead atoms. The normalized spacial score (nSPS) is 11.8. The van der Waals surface area contributed by atoms with Gasteiger partial charge in [0, 0.05) is 10.4 Å². The predicted molar refractivity (Wildman–Crippen MR) is 89.1 cm³/mol. The van der Waals surface area contributed by atoms with Crippen LogP contribution in [0.5, 0.6) is 0 Å². The van der Waals surface area contributed by atoms with E-state index in [0.717, 1.165) is 16.0 Å². The number of nitrogens with zero attached hydrogens (tertiary/aromatic N) is 1. The zero-order chi connectivity index (χ0) is 15.0. The Hall–Kier alpha value is -2.14. The topological polar surface area (TPSA) is 57.8 Å². The van der Waals surface area contributed by atoms with Crippen molar-refractivity contribution in [3.05, 3.63) is 46.8 Å². The summed E-state index contributed by atoms with van der Waals surface area (Å²) in [5.74, 6) is 0.511. The quantitative estimate of drug-likeness (QED) is 0.755. The van der Waals surface area contributed by atoms with E-state index in [1.807, 2.05) is 57.2 Å². The molecule has 1 aromatic carbocycles. The van der Waals surface area contributed by atoms with E-state index in [0.29, 0.717) is 10.6 Å². The zero-order valence-electron chi connectivity index (χ0n) is 12.2. The van der Waals surface area contributed by atoms with Crippen LogP contribution in [-0.2, 0) is 0 Å². The Kier molecular flexibility index (Phi) is 3.29. The maximum Gasteiger partial charge on any atom is 0.270 e. The lowest BCUT2D eigenvalue weighted by Crippen LogP contribution is -2.28. The highest BCUT2D eigenvalue weighted by Gasteiger charge is 2.14. The number of H-pyrrole nitrogens is 1. The third-order valence-corrected chi connectivity index (χ3v) is 4.11. The Morgan fingerprint density at radius 1 is 1.19 bits per heavy atom. The van der Waals surface area contributed by atoms with E-state index in [9.17, 15) is 4.79 Å². The van der Waals surface area contributed by atoms with Gasteiger partial charge in [-0.2, -0.15) is 0 Å². The van der Waals surface area contributed by atoms with Gasteiger partial charge in [0.15, 0.2) is 0 Å². The number of thiophene rings is 1. The highest BCUT2D eigenvalue weighted by molar-refractivity contribution is 7.22. The molecular weight excluding hydrogens is 282 g/mol. The number of nitrogens with one attached hydrogen (secondary N) is 2. The molecule has 0 amide bonds. The van der Waals surface area contributed by atoms with Crippen molar-refractivity contribution in [2.75, 3.05) is 5.32 Å². The van der Waals surface area contributed by atoms with E-state index in [2.05, 4.69) is 15.3 Å². The van der Waals surface area contributed by atoms with Gasteiger partial charge in [0.25, 0.3) is 5.56 Å². The molecule has 0 saturated heterocycles. The average Bonchev–Trinajstić information content (AvgIpc) is 2.82. The molecule has 5 heteroatoms. The number of aromatic amines is 1.